The average molecular weight is 529 g/mol. The van der Waals surface area contributed by atoms with E-state index >= 15 is 0 Å². The van der Waals surface area contributed by atoms with Crippen molar-refractivity contribution in [2.45, 2.75) is 58.2 Å². The Labute approximate surface area is 230 Å². The predicted octanol–water partition coefficient (Wildman–Crippen LogP) is 5.81. The molecule has 4 heterocycles. The molecule has 206 valence electrons. The summed E-state index contributed by atoms with van der Waals surface area (Å²) in [7, 11) is 0. The van der Waals surface area contributed by atoms with Gasteiger partial charge in [-0.25, -0.2) is 0 Å². The van der Waals surface area contributed by atoms with Crippen molar-refractivity contribution in [2.75, 3.05) is 32.7 Å². The van der Waals surface area contributed by atoms with Crippen molar-refractivity contribution < 1.29 is 13.9 Å². The van der Waals surface area contributed by atoms with Crippen LogP contribution >= 0.6 is 0 Å². The number of nitrogens with one attached hydrogen (secondary N) is 2. The van der Waals surface area contributed by atoms with Crippen molar-refractivity contribution in [1.29, 1.82) is 0 Å². The fourth-order valence-electron chi connectivity index (χ4n) is 6.31. The van der Waals surface area contributed by atoms with E-state index in [0.29, 0.717) is 18.3 Å². The van der Waals surface area contributed by atoms with E-state index in [-0.39, 0.29) is 11.9 Å². The molecule has 2 atom stereocenters. The van der Waals surface area contributed by atoms with Crippen LogP contribution in [0.2, 0.25) is 0 Å². The van der Waals surface area contributed by atoms with Gasteiger partial charge >= 0.3 is 0 Å². The molecule has 2 aromatic carbocycles. The summed E-state index contributed by atoms with van der Waals surface area (Å²) in [5, 5.41) is 5.24. The highest BCUT2D eigenvalue weighted by Crippen LogP contribution is 2.29. The predicted molar refractivity (Wildman–Crippen MR) is 155 cm³/mol. The Morgan fingerprint density at radius 3 is 2.79 bits per heavy atom. The van der Waals surface area contributed by atoms with Crippen molar-refractivity contribution in [3.8, 4) is 5.75 Å². The molecule has 2 unspecified atom stereocenters. The van der Waals surface area contributed by atoms with E-state index in [4.69, 9.17) is 9.15 Å². The smallest absolute Gasteiger partial charge is 0.267 e. The minimum absolute atomic E-state index is 0.0490. The second-order valence-corrected chi connectivity index (χ2v) is 11.6. The van der Waals surface area contributed by atoms with Gasteiger partial charge in [0.15, 0.2) is 0 Å². The Hall–Kier alpha value is -3.29. The average Bonchev–Trinajstić information content (AvgIpc) is 3.58. The van der Waals surface area contributed by atoms with Gasteiger partial charge < -0.3 is 24.4 Å². The fourth-order valence-corrected chi connectivity index (χ4v) is 6.31. The highest BCUT2D eigenvalue weighted by atomic mass is 16.5. The van der Waals surface area contributed by atoms with Gasteiger partial charge in [-0.05, 0) is 69.3 Å². The van der Waals surface area contributed by atoms with Crippen LogP contribution in [0, 0.1) is 5.92 Å². The van der Waals surface area contributed by atoms with E-state index in [0.717, 1.165) is 71.6 Å². The third-order valence-corrected chi connectivity index (χ3v) is 8.57. The second kappa shape index (κ2) is 11.4. The minimum atomic E-state index is -0.0490. The maximum atomic E-state index is 13.2. The molecular weight excluding hydrogens is 488 g/mol. The normalized spacial score (nSPS) is 20.4. The highest BCUT2D eigenvalue weighted by Gasteiger charge is 2.26. The zero-order chi connectivity index (χ0) is 26.8. The van der Waals surface area contributed by atoms with Crippen LogP contribution in [0.1, 0.15) is 55.6 Å². The number of hydrogen-bond acceptors (Lipinski definition) is 5. The lowest BCUT2D eigenvalue weighted by Crippen LogP contribution is -2.50. The van der Waals surface area contributed by atoms with Gasteiger partial charge in [-0.15, -0.1) is 0 Å². The number of benzene rings is 2. The summed E-state index contributed by atoms with van der Waals surface area (Å²) in [5.41, 5.74) is 3.32. The van der Waals surface area contributed by atoms with Crippen LogP contribution in [0.15, 0.2) is 59.2 Å². The van der Waals surface area contributed by atoms with Crippen molar-refractivity contribution in [2.24, 2.45) is 5.92 Å². The van der Waals surface area contributed by atoms with Crippen LogP contribution in [0.5, 0.6) is 5.75 Å². The van der Waals surface area contributed by atoms with Crippen molar-refractivity contribution >= 4 is 27.8 Å². The third-order valence-electron chi connectivity index (χ3n) is 8.57. The summed E-state index contributed by atoms with van der Waals surface area (Å²) in [6.07, 6.45) is 6.41. The van der Waals surface area contributed by atoms with E-state index in [1.807, 2.05) is 48.5 Å². The summed E-state index contributed by atoms with van der Waals surface area (Å²) < 4.78 is 11.8. The van der Waals surface area contributed by atoms with Crippen LogP contribution in [-0.4, -0.2) is 65.5 Å². The Bertz CT molecular complexity index is 1420. The number of carbonyl (C=O) groups excluding carboxylic acids is 1. The first-order valence-corrected chi connectivity index (χ1v) is 14.5. The van der Waals surface area contributed by atoms with Crippen LogP contribution in [-0.2, 0) is 6.61 Å². The number of aromatic nitrogens is 1. The Morgan fingerprint density at radius 2 is 1.95 bits per heavy atom. The number of nitrogens with zero attached hydrogens (tertiary/aromatic N) is 2. The number of rotatable bonds is 8. The highest BCUT2D eigenvalue weighted by molar-refractivity contribution is 5.99. The number of fused-ring (bicyclic) bond motifs is 2. The van der Waals surface area contributed by atoms with Crippen LogP contribution in [0.3, 0.4) is 0 Å². The molecule has 7 nitrogen and oxygen atoms in total. The summed E-state index contributed by atoms with van der Waals surface area (Å²) >= 11 is 0. The number of hydrogen-bond donors (Lipinski definition) is 2. The molecule has 2 aliphatic heterocycles. The molecule has 7 heteroatoms. The number of carbonyl (C=O) groups is 1. The number of amides is 1. The van der Waals surface area contributed by atoms with E-state index in [1.165, 1.54) is 25.9 Å². The Morgan fingerprint density at radius 1 is 1.10 bits per heavy atom. The number of H-pyrrole nitrogens is 1. The molecule has 0 aliphatic carbocycles. The first kappa shape index (κ1) is 26.0. The summed E-state index contributed by atoms with van der Waals surface area (Å²) in [4.78, 5) is 21.7. The number of ether oxygens (including phenoxy) is 1. The largest absolute Gasteiger partial charge is 0.488 e. The van der Waals surface area contributed by atoms with E-state index in [9.17, 15) is 4.79 Å². The standard InChI is InChI=1S/C32H40N4O3/c1-22-7-6-14-36(18-22)23(2)19-35-15-12-25(13-16-35)33-32(37)29-17-27-28(34-29)9-5-11-31(27)39-21-24-20-38-30-10-4-3-8-26(24)30/h3-5,8-11,17,20,22-23,25,34H,6-7,12-16,18-19,21H2,1-2H3,(H,33,37). The molecular formula is C32H40N4O3. The maximum absolute atomic E-state index is 13.2. The number of likely N-dealkylation sites (tertiary alicyclic amines) is 2. The van der Waals surface area contributed by atoms with Gasteiger partial charge in [-0.3, -0.25) is 9.69 Å². The lowest BCUT2D eigenvalue weighted by Gasteiger charge is -2.40. The molecule has 2 N–H and O–H groups in total. The molecule has 1 amide bonds. The lowest BCUT2D eigenvalue weighted by atomic mass is 9.98. The number of piperidine rings is 2. The summed E-state index contributed by atoms with van der Waals surface area (Å²) in [6.45, 7) is 10.8. The zero-order valence-corrected chi connectivity index (χ0v) is 23.1. The van der Waals surface area contributed by atoms with E-state index < -0.39 is 0 Å². The molecule has 39 heavy (non-hydrogen) atoms. The molecule has 0 spiro atoms. The Kier molecular flexibility index (Phi) is 7.62. The molecule has 2 saturated heterocycles. The first-order valence-electron chi connectivity index (χ1n) is 14.5. The molecule has 2 aliphatic rings. The van der Waals surface area contributed by atoms with E-state index in [2.05, 4.69) is 33.9 Å². The van der Waals surface area contributed by atoms with Crippen LogP contribution < -0.4 is 10.1 Å². The molecule has 0 saturated carbocycles. The summed E-state index contributed by atoms with van der Waals surface area (Å²) in [6, 6.07) is 16.5. The molecule has 0 bridgehead atoms. The van der Waals surface area contributed by atoms with Gasteiger partial charge in [0.2, 0.25) is 0 Å². The fraction of sp³-hybridized carbons (Fsp3) is 0.469. The molecule has 4 aromatic rings. The molecule has 2 aromatic heterocycles. The van der Waals surface area contributed by atoms with Crippen molar-refractivity contribution in [3.63, 3.8) is 0 Å². The van der Waals surface area contributed by atoms with Crippen LogP contribution in [0.4, 0.5) is 0 Å². The third kappa shape index (κ3) is 5.85. The van der Waals surface area contributed by atoms with Gasteiger partial charge in [-0.2, -0.15) is 0 Å². The van der Waals surface area contributed by atoms with Crippen LogP contribution in [0.25, 0.3) is 21.9 Å². The van der Waals surface area contributed by atoms with Gasteiger partial charge in [0.25, 0.3) is 5.91 Å². The topological polar surface area (TPSA) is 73.7 Å². The quantitative estimate of drug-likeness (QED) is 0.302. The minimum Gasteiger partial charge on any atom is -0.488 e. The summed E-state index contributed by atoms with van der Waals surface area (Å²) in [5.74, 6) is 1.51. The SMILES string of the molecule is CC1CCCN(C(C)CN2CCC(NC(=O)c3cc4c(OCc5coc6ccccc56)cccc4[nH]3)CC2)C1. The van der Waals surface area contributed by atoms with Gasteiger partial charge in [0, 0.05) is 60.1 Å². The Balaban J connectivity index is 1.03. The van der Waals surface area contributed by atoms with Crippen molar-refractivity contribution in [1.82, 2.24) is 20.1 Å². The second-order valence-electron chi connectivity index (χ2n) is 11.6. The van der Waals surface area contributed by atoms with Gasteiger partial charge in [-0.1, -0.05) is 31.2 Å². The molecule has 6 rings (SSSR count). The lowest BCUT2D eigenvalue weighted by molar-refractivity contribution is 0.0837. The van der Waals surface area contributed by atoms with Gasteiger partial charge in [0.1, 0.15) is 23.6 Å². The first-order chi connectivity index (χ1) is 19.0. The van der Waals surface area contributed by atoms with Gasteiger partial charge in [0.05, 0.1) is 6.26 Å². The number of furan rings is 1. The monoisotopic (exact) mass is 528 g/mol. The maximum Gasteiger partial charge on any atom is 0.267 e. The number of aromatic amines is 1. The van der Waals surface area contributed by atoms with E-state index in [1.54, 1.807) is 6.26 Å². The van der Waals surface area contributed by atoms with Crippen molar-refractivity contribution in [3.05, 3.63) is 66.1 Å². The molecule has 2 fully saturated rings. The zero-order valence-electron chi connectivity index (χ0n) is 23.1. The molecule has 0 radical (unpaired) electrons. The number of para-hydroxylation sites is 1.